The second-order valence-electron chi connectivity index (χ2n) is 5.78. The number of hydrogen-bond donors (Lipinski definition) is 0. The molecule has 2 aromatic rings. The summed E-state index contributed by atoms with van der Waals surface area (Å²) in [5, 5.41) is 0. The second-order valence-corrected chi connectivity index (χ2v) is 5.78. The van der Waals surface area contributed by atoms with E-state index in [9.17, 15) is 4.79 Å². The summed E-state index contributed by atoms with van der Waals surface area (Å²) in [5.74, 6) is 0.929. The van der Waals surface area contributed by atoms with E-state index < -0.39 is 0 Å². The molecule has 24 heavy (non-hydrogen) atoms. The van der Waals surface area contributed by atoms with Gasteiger partial charge in [-0.05, 0) is 44.0 Å². The van der Waals surface area contributed by atoms with Gasteiger partial charge in [0.15, 0.2) is 0 Å². The molecule has 128 valence electrons. The third kappa shape index (κ3) is 4.34. The van der Waals surface area contributed by atoms with E-state index in [0.29, 0.717) is 5.56 Å². The lowest BCUT2D eigenvalue weighted by molar-refractivity contribution is 0.0755. The maximum absolute atomic E-state index is 12.6. The first-order chi connectivity index (χ1) is 11.7. The molecular weight excluding hydrogens is 298 g/mol. The van der Waals surface area contributed by atoms with Crippen LogP contribution in [0, 0.1) is 0 Å². The molecule has 0 bridgehead atoms. The predicted octanol–water partition coefficient (Wildman–Crippen LogP) is 4.50. The van der Waals surface area contributed by atoms with Crippen molar-refractivity contribution in [2.45, 2.75) is 33.6 Å². The molecule has 0 N–H and O–H groups in total. The maximum atomic E-state index is 12.6. The topological polar surface area (TPSA) is 36.4 Å². The van der Waals surface area contributed by atoms with Crippen LogP contribution in [0.15, 0.2) is 48.7 Å². The van der Waals surface area contributed by atoms with Gasteiger partial charge in [0.25, 0.3) is 5.91 Å². The van der Waals surface area contributed by atoms with E-state index in [4.69, 9.17) is 0 Å². The Morgan fingerprint density at radius 1 is 0.958 bits per heavy atom. The van der Waals surface area contributed by atoms with Crippen LogP contribution in [0.25, 0.3) is 0 Å². The van der Waals surface area contributed by atoms with Crippen LogP contribution >= 0.6 is 0 Å². The zero-order valence-corrected chi connectivity index (χ0v) is 14.9. The smallest absolute Gasteiger partial charge is 0.255 e. The summed E-state index contributed by atoms with van der Waals surface area (Å²) in [4.78, 5) is 21.2. The number of hydrogen-bond acceptors (Lipinski definition) is 3. The minimum absolute atomic E-state index is 0.0699. The minimum Gasteiger partial charge on any atom is -0.339 e. The van der Waals surface area contributed by atoms with Gasteiger partial charge in [0.05, 0.1) is 5.56 Å². The first-order valence-corrected chi connectivity index (χ1v) is 8.79. The number of amides is 1. The number of pyridine rings is 1. The lowest BCUT2D eigenvalue weighted by Gasteiger charge is -2.23. The third-order valence-corrected chi connectivity index (χ3v) is 3.93. The van der Waals surface area contributed by atoms with E-state index in [1.807, 2.05) is 35.2 Å². The quantitative estimate of drug-likeness (QED) is 0.717. The van der Waals surface area contributed by atoms with Crippen LogP contribution in [0.2, 0.25) is 0 Å². The van der Waals surface area contributed by atoms with Crippen LogP contribution in [0.5, 0.6) is 0 Å². The summed E-state index contributed by atoms with van der Waals surface area (Å²) in [5.41, 5.74) is 1.76. The molecule has 4 heteroatoms. The standard InChI is InChI=1S/C20H27N3O/c1-4-14-22(15-5-2)20(24)17-12-13-19(21-16-17)23(6-3)18-10-8-7-9-11-18/h7-13,16H,4-6,14-15H2,1-3H3. The average molecular weight is 325 g/mol. The van der Waals surface area contributed by atoms with Crippen LogP contribution < -0.4 is 4.90 Å². The van der Waals surface area contributed by atoms with Gasteiger partial charge in [-0.15, -0.1) is 0 Å². The van der Waals surface area contributed by atoms with Gasteiger partial charge in [-0.1, -0.05) is 32.0 Å². The van der Waals surface area contributed by atoms with Gasteiger partial charge < -0.3 is 9.80 Å². The summed E-state index contributed by atoms with van der Waals surface area (Å²) < 4.78 is 0. The first-order valence-electron chi connectivity index (χ1n) is 8.79. The molecule has 0 unspecified atom stereocenters. The van der Waals surface area contributed by atoms with Gasteiger partial charge in [-0.25, -0.2) is 4.98 Å². The molecule has 0 fully saturated rings. The number of nitrogens with zero attached hydrogens (tertiary/aromatic N) is 3. The van der Waals surface area contributed by atoms with Crippen LogP contribution in [0.4, 0.5) is 11.5 Å². The molecule has 0 aliphatic rings. The van der Waals surface area contributed by atoms with Gasteiger partial charge in [0, 0.05) is 31.5 Å². The number of carbonyl (C=O) groups excluding carboxylic acids is 1. The van der Waals surface area contributed by atoms with E-state index in [0.717, 1.165) is 44.0 Å². The van der Waals surface area contributed by atoms with E-state index in [2.05, 4.69) is 42.8 Å². The summed E-state index contributed by atoms with van der Waals surface area (Å²) in [6, 6.07) is 14.0. The van der Waals surface area contributed by atoms with Gasteiger partial charge in [-0.3, -0.25) is 4.79 Å². The minimum atomic E-state index is 0.0699. The Labute approximate surface area is 145 Å². The molecule has 1 amide bonds. The van der Waals surface area contributed by atoms with Crippen molar-refractivity contribution in [3.63, 3.8) is 0 Å². The predicted molar refractivity (Wildman–Crippen MR) is 99.8 cm³/mol. The average Bonchev–Trinajstić information content (AvgIpc) is 2.63. The SMILES string of the molecule is CCCN(CCC)C(=O)c1ccc(N(CC)c2ccccc2)nc1. The molecule has 0 saturated carbocycles. The van der Waals surface area contributed by atoms with Crippen LogP contribution in [0.3, 0.4) is 0 Å². The Morgan fingerprint density at radius 3 is 2.12 bits per heavy atom. The van der Waals surface area contributed by atoms with E-state index >= 15 is 0 Å². The van der Waals surface area contributed by atoms with Crippen LogP contribution in [0.1, 0.15) is 44.0 Å². The molecule has 1 aromatic heterocycles. The lowest BCUT2D eigenvalue weighted by atomic mass is 10.2. The molecule has 0 aliphatic carbocycles. The third-order valence-electron chi connectivity index (χ3n) is 3.93. The van der Waals surface area contributed by atoms with Crippen molar-refractivity contribution in [2.24, 2.45) is 0 Å². The summed E-state index contributed by atoms with van der Waals surface area (Å²) in [7, 11) is 0. The molecule has 1 heterocycles. The molecule has 0 saturated heterocycles. The monoisotopic (exact) mass is 325 g/mol. The van der Waals surface area contributed by atoms with Gasteiger partial charge in [-0.2, -0.15) is 0 Å². The number of benzene rings is 1. The fraction of sp³-hybridized carbons (Fsp3) is 0.400. The zero-order chi connectivity index (χ0) is 17.4. The van der Waals surface area contributed by atoms with E-state index in [1.165, 1.54) is 0 Å². The summed E-state index contributed by atoms with van der Waals surface area (Å²) >= 11 is 0. The van der Waals surface area contributed by atoms with Crippen molar-refractivity contribution in [1.82, 2.24) is 9.88 Å². The molecule has 0 radical (unpaired) electrons. The van der Waals surface area contributed by atoms with Gasteiger partial charge >= 0.3 is 0 Å². The Hall–Kier alpha value is -2.36. The zero-order valence-electron chi connectivity index (χ0n) is 14.9. The Morgan fingerprint density at radius 2 is 1.62 bits per heavy atom. The fourth-order valence-corrected chi connectivity index (χ4v) is 2.79. The number of rotatable bonds is 8. The van der Waals surface area contributed by atoms with Crippen molar-refractivity contribution in [1.29, 1.82) is 0 Å². The first kappa shape index (κ1) is 18.0. The van der Waals surface area contributed by atoms with Crippen LogP contribution in [-0.2, 0) is 0 Å². The summed E-state index contributed by atoms with van der Waals surface area (Å²) in [6.45, 7) is 8.69. The van der Waals surface area contributed by atoms with Crippen LogP contribution in [-0.4, -0.2) is 35.4 Å². The molecular formula is C20H27N3O. The van der Waals surface area contributed by atoms with Crippen molar-refractivity contribution in [3.8, 4) is 0 Å². The highest BCUT2D eigenvalue weighted by atomic mass is 16.2. The summed E-state index contributed by atoms with van der Waals surface area (Å²) in [6.07, 6.45) is 3.63. The molecule has 0 spiro atoms. The highest BCUT2D eigenvalue weighted by Crippen LogP contribution is 2.23. The van der Waals surface area contributed by atoms with Crippen molar-refractivity contribution >= 4 is 17.4 Å². The van der Waals surface area contributed by atoms with Crippen molar-refractivity contribution < 1.29 is 4.79 Å². The number of anilines is 2. The fourth-order valence-electron chi connectivity index (χ4n) is 2.79. The Bertz CT molecular complexity index is 619. The number of aromatic nitrogens is 1. The lowest BCUT2D eigenvalue weighted by Crippen LogP contribution is -2.32. The highest BCUT2D eigenvalue weighted by molar-refractivity contribution is 5.94. The van der Waals surface area contributed by atoms with Gasteiger partial charge in [0.2, 0.25) is 0 Å². The molecule has 1 aromatic carbocycles. The van der Waals surface area contributed by atoms with E-state index in [-0.39, 0.29) is 5.91 Å². The molecule has 0 aliphatic heterocycles. The highest BCUT2D eigenvalue weighted by Gasteiger charge is 2.15. The number of carbonyl (C=O) groups is 1. The van der Waals surface area contributed by atoms with Gasteiger partial charge in [0.1, 0.15) is 5.82 Å². The largest absolute Gasteiger partial charge is 0.339 e. The number of para-hydroxylation sites is 1. The van der Waals surface area contributed by atoms with Crippen molar-refractivity contribution in [2.75, 3.05) is 24.5 Å². The second kappa shape index (κ2) is 9.06. The Balaban J connectivity index is 2.18. The maximum Gasteiger partial charge on any atom is 0.255 e. The molecule has 0 atom stereocenters. The molecule has 4 nitrogen and oxygen atoms in total. The van der Waals surface area contributed by atoms with E-state index in [1.54, 1.807) is 6.20 Å². The normalized spacial score (nSPS) is 10.5. The van der Waals surface area contributed by atoms with Crippen molar-refractivity contribution in [3.05, 3.63) is 54.2 Å². The molecule has 2 rings (SSSR count). The Kier molecular flexibility index (Phi) is 6.79.